The largest absolute Gasteiger partial charge is 0.313 e. The van der Waals surface area contributed by atoms with E-state index in [-0.39, 0.29) is 0 Å². The quantitative estimate of drug-likeness (QED) is 0.529. The van der Waals surface area contributed by atoms with E-state index in [9.17, 15) is 0 Å². The fourth-order valence-corrected chi connectivity index (χ4v) is 2.91. The second kappa shape index (κ2) is 5.13. The van der Waals surface area contributed by atoms with Crippen LogP contribution < -0.4 is 0 Å². The van der Waals surface area contributed by atoms with Crippen LogP contribution in [0.4, 0.5) is 0 Å². The molecule has 0 N–H and O–H groups in total. The van der Waals surface area contributed by atoms with E-state index in [4.69, 9.17) is 4.98 Å². The number of aromatic nitrogens is 3. The van der Waals surface area contributed by atoms with Crippen LogP contribution in [0.5, 0.6) is 0 Å². The first-order valence-electron chi connectivity index (χ1n) is 7.80. The molecule has 0 spiro atoms. The van der Waals surface area contributed by atoms with Crippen molar-refractivity contribution in [2.75, 3.05) is 0 Å². The monoisotopic (exact) mass is 301 g/mol. The summed E-state index contributed by atoms with van der Waals surface area (Å²) in [6.45, 7) is 4.21. The molecule has 3 heteroatoms. The maximum atomic E-state index is 4.80. The minimum absolute atomic E-state index is 0.955. The molecule has 2 heterocycles. The molecule has 0 aliphatic carbocycles. The van der Waals surface area contributed by atoms with Crippen LogP contribution in [0.25, 0.3) is 28.3 Å². The van der Waals surface area contributed by atoms with E-state index in [2.05, 4.69) is 90.8 Å². The molecule has 23 heavy (non-hydrogen) atoms. The second-order valence-electron chi connectivity index (χ2n) is 6.14. The standard InChI is InChI=1S/C20H19N3/c1-14-4-8-16(9-5-14)18-12-23-13-19(22(3)20(23)21-18)17-10-6-15(2)7-11-17/h4-13H,1-3H3. The zero-order chi connectivity index (χ0) is 16.0. The molecule has 0 fully saturated rings. The highest BCUT2D eigenvalue weighted by Crippen LogP contribution is 2.25. The Morgan fingerprint density at radius 2 is 1.30 bits per heavy atom. The number of benzene rings is 2. The molecule has 2 aromatic heterocycles. The minimum Gasteiger partial charge on any atom is -0.313 e. The van der Waals surface area contributed by atoms with Gasteiger partial charge in [-0.2, -0.15) is 0 Å². The fourth-order valence-electron chi connectivity index (χ4n) is 2.91. The van der Waals surface area contributed by atoms with E-state index in [1.54, 1.807) is 0 Å². The molecule has 0 unspecified atom stereocenters. The van der Waals surface area contributed by atoms with Gasteiger partial charge in [0.25, 0.3) is 0 Å². The average molecular weight is 301 g/mol. The summed E-state index contributed by atoms with van der Waals surface area (Å²) < 4.78 is 4.24. The zero-order valence-corrected chi connectivity index (χ0v) is 13.6. The Labute approximate surface area is 135 Å². The molecule has 0 amide bonds. The molecule has 0 atom stereocenters. The molecular weight excluding hydrogens is 282 g/mol. The molecule has 114 valence electrons. The van der Waals surface area contributed by atoms with Gasteiger partial charge in [0.1, 0.15) is 0 Å². The lowest BCUT2D eigenvalue weighted by Crippen LogP contribution is -1.92. The normalized spacial score (nSPS) is 11.3. The Morgan fingerprint density at radius 3 is 1.87 bits per heavy atom. The van der Waals surface area contributed by atoms with Gasteiger partial charge >= 0.3 is 0 Å². The Hall–Kier alpha value is -2.81. The van der Waals surface area contributed by atoms with E-state index in [1.165, 1.54) is 22.4 Å². The van der Waals surface area contributed by atoms with E-state index >= 15 is 0 Å². The van der Waals surface area contributed by atoms with Gasteiger partial charge in [-0.1, -0.05) is 59.7 Å². The van der Waals surface area contributed by atoms with Crippen molar-refractivity contribution in [1.29, 1.82) is 0 Å². The van der Waals surface area contributed by atoms with Gasteiger partial charge in [0.15, 0.2) is 0 Å². The van der Waals surface area contributed by atoms with Crippen molar-refractivity contribution in [2.24, 2.45) is 7.05 Å². The first-order valence-corrected chi connectivity index (χ1v) is 7.80. The van der Waals surface area contributed by atoms with Gasteiger partial charge < -0.3 is 4.57 Å². The summed E-state index contributed by atoms with van der Waals surface area (Å²) in [5.41, 5.74) is 7.07. The number of imidazole rings is 2. The van der Waals surface area contributed by atoms with Gasteiger partial charge in [0.2, 0.25) is 5.78 Å². The number of hydrogen-bond acceptors (Lipinski definition) is 1. The van der Waals surface area contributed by atoms with Crippen molar-refractivity contribution >= 4 is 5.78 Å². The van der Waals surface area contributed by atoms with Crippen molar-refractivity contribution < 1.29 is 0 Å². The van der Waals surface area contributed by atoms with Crippen LogP contribution in [-0.4, -0.2) is 14.0 Å². The lowest BCUT2D eigenvalue weighted by molar-refractivity contribution is 0.945. The van der Waals surface area contributed by atoms with Crippen molar-refractivity contribution in [2.45, 2.75) is 13.8 Å². The van der Waals surface area contributed by atoms with Crippen LogP contribution in [0.3, 0.4) is 0 Å². The van der Waals surface area contributed by atoms with Crippen molar-refractivity contribution in [3.05, 3.63) is 72.1 Å². The maximum absolute atomic E-state index is 4.80. The minimum atomic E-state index is 0.955. The molecule has 0 aliphatic heterocycles. The lowest BCUT2D eigenvalue weighted by Gasteiger charge is -2.03. The van der Waals surface area contributed by atoms with Crippen LogP contribution in [-0.2, 0) is 7.05 Å². The number of nitrogens with zero attached hydrogens (tertiary/aromatic N) is 3. The Balaban J connectivity index is 1.80. The first-order chi connectivity index (χ1) is 11.1. The predicted molar refractivity (Wildman–Crippen MR) is 94.5 cm³/mol. The number of hydrogen-bond donors (Lipinski definition) is 0. The molecule has 4 rings (SSSR count). The fraction of sp³-hybridized carbons (Fsp3) is 0.150. The van der Waals surface area contributed by atoms with E-state index in [1.807, 2.05) is 0 Å². The predicted octanol–water partition coefficient (Wildman–Crippen LogP) is 4.62. The summed E-state index contributed by atoms with van der Waals surface area (Å²) >= 11 is 0. The van der Waals surface area contributed by atoms with Crippen LogP contribution in [0.15, 0.2) is 60.9 Å². The van der Waals surface area contributed by atoms with Crippen LogP contribution in [0.1, 0.15) is 11.1 Å². The highest BCUT2D eigenvalue weighted by Gasteiger charge is 2.12. The molecule has 0 radical (unpaired) electrons. The third-order valence-corrected chi connectivity index (χ3v) is 4.33. The number of aryl methyl sites for hydroxylation is 3. The summed E-state index contributed by atoms with van der Waals surface area (Å²) in [4.78, 5) is 4.80. The molecular formula is C20H19N3. The van der Waals surface area contributed by atoms with Crippen LogP contribution >= 0.6 is 0 Å². The van der Waals surface area contributed by atoms with Gasteiger partial charge in [-0.15, -0.1) is 0 Å². The smallest absolute Gasteiger partial charge is 0.214 e. The first kappa shape index (κ1) is 13.8. The highest BCUT2D eigenvalue weighted by atomic mass is 15.2. The van der Waals surface area contributed by atoms with Crippen LogP contribution in [0, 0.1) is 13.8 Å². The molecule has 0 saturated heterocycles. The molecule has 3 nitrogen and oxygen atoms in total. The Morgan fingerprint density at radius 1 is 0.739 bits per heavy atom. The molecule has 4 aromatic rings. The summed E-state index contributed by atoms with van der Waals surface area (Å²) in [5, 5.41) is 0. The van der Waals surface area contributed by atoms with E-state index in [0.717, 1.165) is 17.0 Å². The van der Waals surface area contributed by atoms with Crippen LogP contribution in [0.2, 0.25) is 0 Å². The lowest BCUT2D eigenvalue weighted by atomic mass is 10.1. The van der Waals surface area contributed by atoms with Gasteiger partial charge in [0.05, 0.1) is 11.4 Å². The van der Waals surface area contributed by atoms with E-state index < -0.39 is 0 Å². The van der Waals surface area contributed by atoms with Crippen molar-refractivity contribution in [3.63, 3.8) is 0 Å². The highest BCUT2D eigenvalue weighted by molar-refractivity contribution is 5.67. The van der Waals surface area contributed by atoms with Gasteiger partial charge in [-0.25, -0.2) is 4.98 Å². The Kier molecular flexibility index (Phi) is 3.08. The third-order valence-electron chi connectivity index (χ3n) is 4.33. The molecule has 0 bridgehead atoms. The van der Waals surface area contributed by atoms with Gasteiger partial charge in [-0.3, -0.25) is 4.40 Å². The van der Waals surface area contributed by atoms with Gasteiger partial charge in [0, 0.05) is 25.0 Å². The average Bonchev–Trinajstić information content (AvgIpc) is 3.09. The molecule has 0 saturated carbocycles. The van der Waals surface area contributed by atoms with Gasteiger partial charge in [-0.05, 0) is 19.4 Å². The number of rotatable bonds is 2. The molecule has 2 aromatic carbocycles. The Bertz CT molecular complexity index is 970. The van der Waals surface area contributed by atoms with Crippen molar-refractivity contribution in [3.8, 4) is 22.5 Å². The third kappa shape index (κ3) is 2.34. The zero-order valence-electron chi connectivity index (χ0n) is 13.6. The SMILES string of the molecule is Cc1ccc(-c2cn3cc(-c4ccc(C)cc4)n(C)c3n2)cc1. The topological polar surface area (TPSA) is 22.2 Å². The number of fused-ring (bicyclic) bond motifs is 1. The summed E-state index contributed by atoms with van der Waals surface area (Å²) in [6, 6.07) is 17.1. The second-order valence-corrected chi connectivity index (χ2v) is 6.14. The van der Waals surface area contributed by atoms with Crippen molar-refractivity contribution in [1.82, 2.24) is 14.0 Å². The summed E-state index contributed by atoms with van der Waals surface area (Å²) in [7, 11) is 2.07. The summed E-state index contributed by atoms with van der Waals surface area (Å²) in [5.74, 6) is 0.955. The summed E-state index contributed by atoms with van der Waals surface area (Å²) in [6.07, 6.45) is 4.24. The van der Waals surface area contributed by atoms with E-state index in [0.29, 0.717) is 0 Å². The maximum Gasteiger partial charge on any atom is 0.214 e. The molecule has 0 aliphatic rings.